The van der Waals surface area contributed by atoms with E-state index in [9.17, 15) is 9.59 Å². The molecule has 0 unspecified atom stereocenters. The number of nitrogens with one attached hydrogen (secondary N) is 3. The number of amides is 2. The number of thiazole rings is 1. The van der Waals surface area contributed by atoms with Crippen LogP contribution in [0.2, 0.25) is 0 Å². The smallest absolute Gasteiger partial charge is 0.257 e. The van der Waals surface area contributed by atoms with Gasteiger partial charge in [-0.2, -0.15) is 0 Å². The number of hydrogen-bond donors (Lipinski definition) is 3. The Labute approximate surface area is 153 Å². The summed E-state index contributed by atoms with van der Waals surface area (Å²) in [6.45, 7) is 1.46. The normalized spacial score (nSPS) is 10.3. The molecule has 25 heavy (non-hydrogen) atoms. The number of fused-ring (bicyclic) bond motifs is 1. The van der Waals surface area contributed by atoms with Gasteiger partial charge in [0.15, 0.2) is 10.2 Å². The van der Waals surface area contributed by atoms with Crippen LogP contribution in [-0.4, -0.2) is 21.9 Å². The molecular formula is C17H14N4O2S2. The molecule has 3 rings (SSSR count). The summed E-state index contributed by atoms with van der Waals surface area (Å²) in [5.41, 5.74) is 2.00. The highest BCUT2D eigenvalue weighted by Crippen LogP contribution is 2.28. The van der Waals surface area contributed by atoms with Crippen LogP contribution in [0.15, 0.2) is 48.5 Å². The fourth-order valence-electron chi connectivity index (χ4n) is 2.15. The van der Waals surface area contributed by atoms with Crippen molar-refractivity contribution in [3.8, 4) is 0 Å². The van der Waals surface area contributed by atoms with Crippen LogP contribution in [0.4, 0.5) is 10.8 Å². The van der Waals surface area contributed by atoms with E-state index in [-0.39, 0.29) is 16.9 Å². The average Bonchev–Trinajstić information content (AvgIpc) is 2.96. The second-order valence-corrected chi connectivity index (χ2v) is 6.60. The molecule has 2 aromatic carbocycles. The summed E-state index contributed by atoms with van der Waals surface area (Å²) >= 11 is 6.54. The van der Waals surface area contributed by atoms with Gasteiger partial charge in [0, 0.05) is 18.2 Å². The Morgan fingerprint density at radius 2 is 1.84 bits per heavy atom. The van der Waals surface area contributed by atoms with Gasteiger partial charge >= 0.3 is 0 Å². The molecule has 0 aliphatic carbocycles. The van der Waals surface area contributed by atoms with E-state index in [4.69, 9.17) is 12.2 Å². The van der Waals surface area contributed by atoms with Crippen molar-refractivity contribution in [3.63, 3.8) is 0 Å². The molecular weight excluding hydrogens is 356 g/mol. The summed E-state index contributed by atoms with van der Waals surface area (Å²) in [4.78, 5) is 27.6. The third-order valence-electron chi connectivity index (χ3n) is 3.19. The van der Waals surface area contributed by atoms with Crippen molar-refractivity contribution in [2.75, 3.05) is 10.6 Å². The van der Waals surface area contributed by atoms with Crippen molar-refractivity contribution in [3.05, 3.63) is 54.1 Å². The molecule has 0 saturated carbocycles. The molecule has 3 N–H and O–H groups in total. The molecule has 0 atom stereocenters. The molecule has 0 radical (unpaired) electrons. The summed E-state index contributed by atoms with van der Waals surface area (Å²) in [7, 11) is 0. The number of thiocarbonyl (C=S) groups is 1. The molecule has 8 heteroatoms. The van der Waals surface area contributed by atoms with Crippen molar-refractivity contribution in [1.29, 1.82) is 0 Å². The predicted octanol–water partition coefficient (Wildman–Crippen LogP) is 3.38. The van der Waals surface area contributed by atoms with Gasteiger partial charge in [0.25, 0.3) is 5.91 Å². The van der Waals surface area contributed by atoms with E-state index < -0.39 is 0 Å². The number of hydrogen-bond acceptors (Lipinski definition) is 5. The zero-order valence-electron chi connectivity index (χ0n) is 13.2. The van der Waals surface area contributed by atoms with E-state index in [1.54, 1.807) is 30.3 Å². The Kier molecular flexibility index (Phi) is 5.01. The molecule has 0 bridgehead atoms. The molecule has 0 fully saturated rings. The van der Waals surface area contributed by atoms with Crippen LogP contribution < -0.4 is 16.0 Å². The summed E-state index contributed by atoms with van der Waals surface area (Å²) in [5.74, 6) is -0.417. The van der Waals surface area contributed by atoms with Crippen molar-refractivity contribution in [2.24, 2.45) is 0 Å². The molecule has 0 aliphatic rings. The van der Waals surface area contributed by atoms with E-state index in [1.165, 1.54) is 18.3 Å². The first-order chi connectivity index (χ1) is 12.0. The van der Waals surface area contributed by atoms with Gasteiger partial charge in [0.05, 0.1) is 10.2 Å². The fraction of sp³-hybridized carbons (Fsp3) is 0.0588. The molecule has 2 amide bonds. The molecule has 0 saturated heterocycles. The van der Waals surface area contributed by atoms with Gasteiger partial charge in [-0.05, 0) is 42.5 Å². The Bertz CT molecular complexity index is 954. The van der Waals surface area contributed by atoms with Gasteiger partial charge in [-0.15, -0.1) is 0 Å². The van der Waals surface area contributed by atoms with Crippen LogP contribution in [0, 0.1) is 0 Å². The van der Waals surface area contributed by atoms with Crippen molar-refractivity contribution < 1.29 is 9.59 Å². The highest BCUT2D eigenvalue weighted by molar-refractivity contribution is 7.80. The Hall–Kier alpha value is -2.84. The summed E-state index contributed by atoms with van der Waals surface area (Å²) in [6.07, 6.45) is 0. The lowest BCUT2D eigenvalue weighted by atomic mass is 10.2. The van der Waals surface area contributed by atoms with E-state index in [1.807, 2.05) is 18.2 Å². The first-order valence-corrected chi connectivity index (χ1v) is 8.59. The van der Waals surface area contributed by atoms with Crippen LogP contribution in [0.3, 0.4) is 0 Å². The van der Waals surface area contributed by atoms with E-state index in [0.717, 1.165) is 10.2 Å². The largest absolute Gasteiger partial charge is 0.326 e. The maximum Gasteiger partial charge on any atom is 0.257 e. The Morgan fingerprint density at radius 1 is 1.08 bits per heavy atom. The molecule has 3 aromatic rings. The first kappa shape index (κ1) is 17.0. The van der Waals surface area contributed by atoms with Crippen LogP contribution >= 0.6 is 23.6 Å². The monoisotopic (exact) mass is 370 g/mol. The SMILES string of the molecule is CC(=O)Nc1ccc2nc(NC(=S)NC(=O)c3ccccc3)sc2c1. The van der Waals surface area contributed by atoms with Crippen LogP contribution in [0.1, 0.15) is 17.3 Å². The molecule has 1 heterocycles. The van der Waals surface area contributed by atoms with Crippen LogP contribution in [-0.2, 0) is 4.79 Å². The summed E-state index contributed by atoms with van der Waals surface area (Å²) < 4.78 is 0.894. The van der Waals surface area contributed by atoms with Gasteiger partial charge in [-0.3, -0.25) is 14.9 Å². The minimum absolute atomic E-state index is 0.132. The lowest BCUT2D eigenvalue weighted by molar-refractivity contribution is -0.114. The van der Waals surface area contributed by atoms with Crippen molar-refractivity contribution >= 4 is 61.5 Å². The molecule has 0 aliphatic heterocycles. The number of carbonyl (C=O) groups is 2. The number of aromatic nitrogens is 1. The maximum atomic E-state index is 12.1. The molecule has 6 nitrogen and oxygen atoms in total. The fourth-order valence-corrected chi connectivity index (χ4v) is 3.32. The second-order valence-electron chi connectivity index (χ2n) is 5.16. The maximum absolute atomic E-state index is 12.1. The van der Waals surface area contributed by atoms with Gasteiger partial charge in [-0.1, -0.05) is 29.5 Å². The number of carbonyl (C=O) groups excluding carboxylic acids is 2. The molecule has 1 aromatic heterocycles. The van der Waals surface area contributed by atoms with Crippen LogP contribution in [0.25, 0.3) is 10.2 Å². The zero-order chi connectivity index (χ0) is 17.8. The van der Waals surface area contributed by atoms with Crippen molar-refractivity contribution in [1.82, 2.24) is 10.3 Å². The van der Waals surface area contributed by atoms with E-state index in [2.05, 4.69) is 20.9 Å². The lowest BCUT2D eigenvalue weighted by Gasteiger charge is -2.06. The van der Waals surface area contributed by atoms with Gasteiger partial charge in [0.1, 0.15) is 0 Å². The van der Waals surface area contributed by atoms with Crippen LogP contribution in [0.5, 0.6) is 0 Å². The number of nitrogens with zero attached hydrogens (tertiary/aromatic N) is 1. The minimum Gasteiger partial charge on any atom is -0.326 e. The van der Waals surface area contributed by atoms with E-state index in [0.29, 0.717) is 16.4 Å². The third kappa shape index (κ3) is 4.37. The van der Waals surface area contributed by atoms with Crippen molar-refractivity contribution in [2.45, 2.75) is 6.92 Å². The summed E-state index contributed by atoms with van der Waals surface area (Å²) in [5, 5.41) is 9.00. The lowest BCUT2D eigenvalue weighted by Crippen LogP contribution is -2.34. The zero-order valence-corrected chi connectivity index (χ0v) is 14.8. The minimum atomic E-state index is -0.285. The predicted molar refractivity (Wildman–Crippen MR) is 104 cm³/mol. The standard InChI is InChI=1S/C17H14N4O2S2/c1-10(22)18-12-7-8-13-14(9-12)25-17(19-13)21-16(24)20-15(23)11-5-3-2-4-6-11/h2-9H,1H3,(H,18,22)(H2,19,20,21,23,24). The van der Waals surface area contributed by atoms with Gasteiger partial charge < -0.3 is 10.6 Å². The highest BCUT2D eigenvalue weighted by Gasteiger charge is 2.10. The van der Waals surface area contributed by atoms with E-state index >= 15 is 0 Å². The number of benzene rings is 2. The topological polar surface area (TPSA) is 83.1 Å². The molecule has 126 valence electrons. The third-order valence-corrected chi connectivity index (χ3v) is 4.33. The Morgan fingerprint density at radius 3 is 2.56 bits per heavy atom. The second kappa shape index (κ2) is 7.37. The molecule has 0 spiro atoms. The van der Waals surface area contributed by atoms with Gasteiger partial charge in [-0.25, -0.2) is 4.98 Å². The average molecular weight is 370 g/mol. The highest BCUT2D eigenvalue weighted by atomic mass is 32.1. The Balaban J connectivity index is 1.68. The number of rotatable bonds is 3. The summed E-state index contributed by atoms with van der Waals surface area (Å²) in [6, 6.07) is 14.3. The number of anilines is 2. The first-order valence-electron chi connectivity index (χ1n) is 7.37. The quantitative estimate of drug-likeness (QED) is 0.616. The van der Waals surface area contributed by atoms with Gasteiger partial charge in [0.2, 0.25) is 5.91 Å².